The first-order chi connectivity index (χ1) is 8.65. The van der Waals surface area contributed by atoms with Crippen molar-refractivity contribution in [3.05, 3.63) is 65.7 Å². The van der Waals surface area contributed by atoms with Gasteiger partial charge in [0.2, 0.25) is 0 Å². The molecule has 2 aromatic carbocycles. The topological polar surface area (TPSA) is 41.1 Å². The van der Waals surface area contributed by atoms with Crippen LogP contribution in [0.1, 0.15) is 10.4 Å². The molecule has 0 atom stereocenters. The Kier molecular flexibility index (Phi) is 3.52. The van der Waals surface area contributed by atoms with Crippen molar-refractivity contribution in [2.24, 2.45) is 0 Å². The molecule has 2 N–H and O–H groups in total. The van der Waals surface area contributed by atoms with Gasteiger partial charge < -0.3 is 0 Å². The molecule has 0 aliphatic carbocycles. The standard InChI is InChI=1S/C13H10F2N2O/c14-10-3-1-9(2-4-10)13(18)17-16-12-7-5-11(15)6-8-12/h1-8,16H,(H,17,18). The number of carbonyl (C=O) groups excluding carboxylic acids is 1. The summed E-state index contributed by atoms with van der Waals surface area (Å²) in [7, 11) is 0. The molecule has 0 fully saturated rings. The fourth-order valence-corrected chi connectivity index (χ4v) is 1.34. The van der Waals surface area contributed by atoms with E-state index in [4.69, 9.17) is 0 Å². The Hall–Kier alpha value is -2.43. The second-order valence-electron chi connectivity index (χ2n) is 3.59. The van der Waals surface area contributed by atoms with E-state index in [9.17, 15) is 13.6 Å². The first kappa shape index (κ1) is 12.0. The summed E-state index contributed by atoms with van der Waals surface area (Å²) in [5.41, 5.74) is 5.92. The van der Waals surface area contributed by atoms with E-state index in [1.54, 1.807) is 0 Å². The summed E-state index contributed by atoms with van der Waals surface area (Å²) in [6.45, 7) is 0. The third kappa shape index (κ3) is 3.04. The fourth-order valence-electron chi connectivity index (χ4n) is 1.34. The van der Waals surface area contributed by atoms with Gasteiger partial charge in [-0.05, 0) is 48.5 Å². The molecule has 2 aromatic rings. The molecule has 2 rings (SSSR count). The Labute approximate surface area is 102 Å². The Morgan fingerprint density at radius 3 is 1.89 bits per heavy atom. The van der Waals surface area contributed by atoms with Crippen LogP contribution in [0.2, 0.25) is 0 Å². The molecule has 3 nitrogen and oxygen atoms in total. The predicted molar refractivity (Wildman–Crippen MR) is 63.9 cm³/mol. The van der Waals surface area contributed by atoms with Crippen LogP contribution in [0.25, 0.3) is 0 Å². The zero-order valence-corrected chi connectivity index (χ0v) is 9.28. The first-order valence-corrected chi connectivity index (χ1v) is 5.22. The van der Waals surface area contributed by atoms with Gasteiger partial charge in [0.25, 0.3) is 5.91 Å². The molecule has 0 aromatic heterocycles. The quantitative estimate of drug-likeness (QED) is 0.820. The van der Waals surface area contributed by atoms with Crippen molar-refractivity contribution < 1.29 is 13.6 Å². The Balaban J connectivity index is 1.96. The van der Waals surface area contributed by atoms with Crippen LogP contribution in [0, 0.1) is 11.6 Å². The monoisotopic (exact) mass is 248 g/mol. The van der Waals surface area contributed by atoms with Gasteiger partial charge in [0.15, 0.2) is 0 Å². The third-order valence-electron chi connectivity index (χ3n) is 2.27. The normalized spacial score (nSPS) is 9.89. The highest BCUT2D eigenvalue weighted by Crippen LogP contribution is 2.07. The van der Waals surface area contributed by atoms with E-state index in [1.165, 1.54) is 48.5 Å². The second kappa shape index (κ2) is 5.27. The maximum atomic E-state index is 12.7. The second-order valence-corrected chi connectivity index (χ2v) is 3.59. The van der Waals surface area contributed by atoms with Crippen molar-refractivity contribution in [2.75, 3.05) is 5.43 Å². The minimum absolute atomic E-state index is 0.325. The number of carbonyl (C=O) groups is 1. The van der Waals surface area contributed by atoms with Gasteiger partial charge in [0.05, 0.1) is 5.69 Å². The summed E-state index contributed by atoms with van der Waals surface area (Å²) < 4.78 is 25.3. The van der Waals surface area contributed by atoms with E-state index >= 15 is 0 Å². The third-order valence-corrected chi connectivity index (χ3v) is 2.27. The van der Waals surface area contributed by atoms with Crippen LogP contribution < -0.4 is 10.9 Å². The number of nitrogens with one attached hydrogen (secondary N) is 2. The van der Waals surface area contributed by atoms with E-state index < -0.39 is 11.7 Å². The molecule has 92 valence electrons. The summed E-state index contributed by atoms with van der Waals surface area (Å²) in [6.07, 6.45) is 0. The highest BCUT2D eigenvalue weighted by atomic mass is 19.1. The van der Waals surface area contributed by atoms with Crippen LogP contribution in [0.3, 0.4) is 0 Å². The van der Waals surface area contributed by atoms with Crippen molar-refractivity contribution in [1.29, 1.82) is 0 Å². The van der Waals surface area contributed by atoms with Gasteiger partial charge >= 0.3 is 0 Å². The van der Waals surface area contributed by atoms with E-state index in [0.29, 0.717) is 11.3 Å². The van der Waals surface area contributed by atoms with Crippen LogP contribution in [0.5, 0.6) is 0 Å². The minimum atomic E-state index is -0.405. The largest absolute Gasteiger partial charge is 0.298 e. The maximum absolute atomic E-state index is 12.7. The zero-order chi connectivity index (χ0) is 13.0. The molecule has 0 bridgehead atoms. The molecule has 1 amide bonds. The van der Waals surface area contributed by atoms with E-state index in [0.717, 1.165) is 0 Å². The molecule has 0 spiro atoms. The van der Waals surface area contributed by atoms with Gasteiger partial charge in [-0.2, -0.15) is 0 Å². The lowest BCUT2D eigenvalue weighted by Crippen LogP contribution is -2.29. The number of hydrogen-bond donors (Lipinski definition) is 2. The summed E-state index contributed by atoms with van der Waals surface area (Å²) in [5, 5.41) is 0. The van der Waals surface area contributed by atoms with Crippen molar-refractivity contribution in [2.45, 2.75) is 0 Å². The molecule has 0 radical (unpaired) electrons. The number of rotatable bonds is 3. The Morgan fingerprint density at radius 2 is 1.33 bits per heavy atom. The van der Waals surface area contributed by atoms with Crippen LogP contribution >= 0.6 is 0 Å². The molecular weight excluding hydrogens is 238 g/mol. The van der Waals surface area contributed by atoms with Gasteiger partial charge in [-0.15, -0.1) is 0 Å². The van der Waals surface area contributed by atoms with Gasteiger partial charge in [-0.25, -0.2) is 8.78 Å². The Bertz CT molecular complexity index is 538. The van der Waals surface area contributed by atoms with Crippen molar-refractivity contribution >= 4 is 11.6 Å². The molecule has 0 saturated heterocycles. The predicted octanol–water partition coefficient (Wildman–Crippen LogP) is 2.72. The van der Waals surface area contributed by atoms with Crippen molar-refractivity contribution in [3.8, 4) is 0 Å². The highest BCUT2D eigenvalue weighted by molar-refractivity contribution is 5.94. The van der Waals surface area contributed by atoms with Crippen LogP contribution in [-0.2, 0) is 0 Å². The van der Waals surface area contributed by atoms with E-state index in [-0.39, 0.29) is 5.82 Å². The number of anilines is 1. The van der Waals surface area contributed by atoms with Gasteiger partial charge in [-0.3, -0.25) is 15.6 Å². The number of amides is 1. The van der Waals surface area contributed by atoms with Gasteiger partial charge in [0.1, 0.15) is 11.6 Å². The lowest BCUT2D eigenvalue weighted by molar-refractivity contribution is 0.0962. The lowest BCUT2D eigenvalue weighted by atomic mass is 10.2. The molecule has 18 heavy (non-hydrogen) atoms. The van der Waals surface area contributed by atoms with E-state index in [1.807, 2.05) is 0 Å². The van der Waals surface area contributed by atoms with Crippen LogP contribution in [-0.4, -0.2) is 5.91 Å². The molecule has 0 heterocycles. The summed E-state index contributed by atoms with van der Waals surface area (Å²) >= 11 is 0. The van der Waals surface area contributed by atoms with E-state index in [2.05, 4.69) is 10.9 Å². The average molecular weight is 248 g/mol. The fraction of sp³-hybridized carbons (Fsp3) is 0. The molecule has 0 aliphatic heterocycles. The summed E-state index contributed by atoms with van der Waals surface area (Å²) in [6, 6.07) is 10.7. The molecule has 0 aliphatic rings. The molecule has 0 saturated carbocycles. The first-order valence-electron chi connectivity index (χ1n) is 5.22. The molecule has 0 unspecified atom stereocenters. The maximum Gasteiger partial charge on any atom is 0.269 e. The smallest absolute Gasteiger partial charge is 0.269 e. The Morgan fingerprint density at radius 1 is 0.833 bits per heavy atom. The van der Waals surface area contributed by atoms with Crippen molar-refractivity contribution in [1.82, 2.24) is 5.43 Å². The number of hydrogen-bond acceptors (Lipinski definition) is 2. The number of benzene rings is 2. The lowest BCUT2D eigenvalue weighted by Gasteiger charge is -2.08. The molecule has 5 heteroatoms. The average Bonchev–Trinajstić information content (AvgIpc) is 2.38. The van der Waals surface area contributed by atoms with Gasteiger partial charge in [0, 0.05) is 5.56 Å². The summed E-state index contributed by atoms with van der Waals surface area (Å²) in [5.74, 6) is -1.16. The zero-order valence-electron chi connectivity index (χ0n) is 9.28. The van der Waals surface area contributed by atoms with Crippen LogP contribution in [0.15, 0.2) is 48.5 Å². The van der Waals surface area contributed by atoms with Crippen LogP contribution in [0.4, 0.5) is 14.5 Å². The highest BCUT2D eigenvalue weighted by Gasteiger charge is 2.04. The molecular formula is C13H10F2N2O. The minimum Gasteiger partial charge on any atom is -0.298 e. The number of halogens is 2. The van der Waals surface area contributed by atoms with Crippen molar-refractivity contribution in [3.63, 3.8) is 0 Å². The summed E-state index contributed by atoms with van der Waals surface area (Å²) in [4.78, 5) is 11.6. The van der Waals surface area contributed by atoms with Gasteiger partial charge in [-0.1, -0.05) is 0 Å². The number of hydrazine groups is 1. The SMILES string of the molecule is O=C(NNc1ccc(F)cc1)c1ccc(F)cc1.